The molecule has 0 fully saturated rings. The summed E-state index contributed by atoms with van der Waals surface area (Å²) in [4.78, 5) is 4.70. The van der Waals surface area contributed by atoms with Gasteiger partial charge in [0.1, 0.15) is 0 Å². The molecule has 1 aromatic carbocycles. The Balaban J connectivity index is 2.41. The largest absolute Gasteiger partial charge is 0.398 e. The average molecular weight is 198 g/mol. The molecule has 0 atom stereocenters. The van der Waals surface area contributed by atoms with Crippen molar-refractivity contribution in [2.45, 2.75) is 26.2 Å². The number of benzene rings is 1. The zero-order valence-corrected chi connectivity index (χ0v) is 8.88. The van der Waals surface area contributed by atoms with Gasteiger partial charge in [-0.25, -0.2) is 0 Å². The van der Waals surface area contributed by atoms with E-state index >= 15 is 0 Å². The Morgan fingerprint density at radius 1 is 1.27 bits per heavy atom. The van der Waals surface area contributed by atoms with Gasteiger partial charge in [-0.15, -0.1) is 0 Å². The molecule has 0 radical (unpaired) electrons. The number of nitrogens with zero attached hydrogens (tertiary/aromatic N) is 1. The minimum atomic E-state index is 0.951. The number of anilines is 1. The van der Waals surface area contributed by atoms with Crippen LogP contribution in [0.15, 0.2) is 18.2 Å². The first-order valence-corrected chi connectivity index (χ1v) is 5.43. The number of pyridine rings is 1. The van der Waals surface area contributed by atoms with Crippen LogP contribution in [-0.2, 0) is 12.8 Å². The van der Waals surface area contributed by atoms with Crippen molar-refractivity contribution in [2.75, 3.05) is 5.73 Å². The zero-order valence-electron chi connectivity index (χ0n) is 8.88. The summed E-state index contributed by atoms with van der Waals surface area (Å²) in [6.07, 6.45) is 3.38. The quantitative estimate of drug-likeness (QED) is 0.706. The first kappa shape index (κ1) is 8.72. The summed E-state index contributed by atoms with van der Waals surface area (Å²) >= 11 is 0. The lowest BCUT2D eigenvalue weighted by Crippen LogP contribution is -1.98. The summed E-state index contributed by atoms with van der Waals surface area (Å²) in [5.74, 6) is 0. The summed E-state index contributed by atoms with van der Waals surface area (Å²) in [7, 11) is 0. The second-order valence-electron chi connectivity index (χ2n) is 4.32. The van der Waals surface area contributed by atoms with Crippen molar-refractivity contribution in [1.29, 1.82) is 0 Å². The van der Waals surface area contributed by atoms with Crippen LogP contribution in [0.1, 0.15) is 23.2 Å². The van der Waals surface area contributed by atoms with Gasteiger partial charge in [-0.05, 0) is 43.4 Å². The van der Waals surface area contributed by atoms with Gasteiger partial charge in [0.25, 0.3) is 0 Å². The Hall–Kier alpha value is -1.57. The topological polar surface area (TPSA) is 38.9 Å². The first-order valence-electron chi connectivity index (χ1n) is 5.43. The predicted octanol–water partition coefficient (Wildman–Crippen LogP) is 2.61. The van der Waals surface area contributed by atoms with Crippen molar-refractivity contribution >= 4 is 16.6 Å². The molecule has 0 unspecified atom stereocenters. The van der Waals surface area contributed by atoms with Gasteiger partial charge in [0.2, 0.25) is 0 Å². The van der Waals surface area contributed by atoms with Crippen molar-refractivity contribution in [3.8, 4) is 0 Å². The smallest absolute Gasteiger partial charge is 0.0728 e. The molecule has 76 valence electrons. The van der Waals surface area contributed by atoms with E-state index in [1.165, 1.54) is 23.2 Å². The summed E-state index contributed by atoms with van der Waals surface area (Å²) in [6, 6.07) is 6.30. The molecule has 0 saturated heterocycles. The fraction of sp³-hybridized carbons (Fsp3) is 0.308. The van der Waals surface area contributed by atoms with Crippen molar-refractivity contribution in [3.05, 3.63) is 35.0 Å². The third kappa shape index (κ3) is 1.21. The van der Waals surface area contributed by atoms with Crippen LogP contribution in [0.2, 0.25) is 0 Å². The highest BCUT2D eigenvalue weighted by molar-refractivity contribution is 5.92. The number of aryl methyl sites for hydroxylation is 2. The van der Waals surface area contributed by atoms with Gasteiger partial charge < -0.3 is 5.73 Å². The van der Waals surface area contributed by atoms with Crippen LogP contribution < -0.4 is 5.73 Å². The van der Waals surface area contributed by atoms with Gasteiger partial charge in [0.05, 0.1) is 5.52 Å². The molecule has 0 bridgehead atoms. The van der Waals surface area contributed by atoms with E-state index in [0.717, 1.165) is 29.4 Å². The van der Waals surface area contributed by atoms with Crippen LogP contribution in [-0.4, -0.2) is 4.98 Å². The van der Waals surface area contributed by atoms with E-state index in [0.29, 0.717) is 0 Å². The highest BCUT2D eigenvalue weighted by Crippen LogP contribution is 2.31. The lowest BCUT2D eigenvalue weighted by molar-refractivity contribution is 0.901. The zero-order chi connectivity index (χ0) is 10.4. The molecule has 0 amide bonds. The van der Waals surface area contributed by atoms with E-state index in [2.05, 4.69) is 25.1 Å². The normalized spacial score (nSPS) is 14.5. The third-order valence-electron chi connectivity index (χ3n) is 3.21. The van der Waals surface area contributed by atoms with Gasteiger partial charge >= 0.3 is 0 Å². The van der Waals surface area contributed by atoms with Crippen LogP contribution >= 0.6 is 0 Å². The van der Waals surface area contributed by atoms with Gasteiger partial charge in [-0.2, -0.15) is 0 Å². The van der Waals surface area contributed by atoms with Crippen LogP contribution in [0, 0.1) is 6.92 Å². The van der Waals surface area contributed by atoms with Gasteiger partial charge in [0.15, 0.2) is 0 Å². The van der Waals surface area contributed by atoms with Gasteiger partial charge in [-0.1, -0.05) is 12.1 Å². The fourth-order valence-corrected chi connectivity index (χ4v) is 2.41. The van der Waals surface area contributed by atoms with Gasteiger partial charge in [0, 0.05) is 16.8 Å². The number of fused-ring (bicyclic) bond motifs is 2. The minimum absolute atomic E-state index is 0.951. The second kappa shape index (κ2) is 2.96. The molecule has 1 heterocycles. The van der Waals surface area contributed by atoms with Crippen LogP contribution in [0.5, 0.6) is 0 Å². The highest BCUT2D eigenvalue weighted by atomic mass is 14.7. The summed E-state index contributed by atoms with van der Waals surface area (Å²) in [5, 5.41) is 1.11. The second-order valence-corrected chi connectivity index (χ2v) is 4.32. The molecule has 1 aromatic heterocycles. The lowest BCUT2D eigenvalue weighted by Gasteiger charge is -2.08. The average Bonchev–Trinajstić information content (AvgIpc) is 2.65. The first-order chi connectivity index (χ1) is 7.25. The Morgan fingerprint density at radius 3 is 3.00 bits per heavy atom. The number of rotatable bonds is 0. The number of nitrogen functional groups attached to an aromatic ring is 1. The number of hydrogen-bond acceptors (Lipinski definition) is 2. The Morgan fingerprint density at radius 2 is 2.13 bits per heavy atom. The predicted molar refractivity (Wildman–Crippen MR) is 62.9 cm³/mol. The minimum Gasteiger partial charge on any atom is -0.398 e. The molecule has 0 saturated carbocycles. The Labute approximate surface area is 89.1 Å². The van der Waals surface area contributed by atoms with Crippen LogP contribution in [0.3, 0.4) is 0 Å². The van der Waals surface area contributed by atoms with E-state index in [9.17, 15) is 0 Å². The summed E-state index contributed by atoms with van der Waals surface area (Å²) < 4.78 is 0. The van der Waals surface area contributed by atoms with E-state index in [4.69, 9.17) is 10.7 Å². The van der Waals surface area contributed by atoms with Gasteiger partial charge in [-0.3, -0.25) is 4.98 Å². The molecular weight excluding hydrogens is 184 g/mol. The lowest BCUT2D eigenvalue weighted by atomic mass is 10.1. The van der Waals surface area contributed by atoms with E-state index in [1.807, 2.05) is 0 Å². The van der Waals surface area contributed by atoms with Crippen molar-refractivity contribution in [2.24, 2.45) is 0 Å². The molecule has 15 heavy (non-hydrogen) atoms. The molecule has 0 spiro atoms. The molecule has 2 N–H and O–H groups in total. The molecule has 0 aliphatic heterocycles. The molecule has 3 rings (SSSR count). The maximum atomic E-state index is 6.18. The Bertz CT molecular complexity index is 544. The molecule has 2 aromatic rings. The van der Waals surface area contributed by atoms with Crippen molar-refractivity contribution in [3.63, 3.8) is 0 Å². The van der Waals surface area contributed by atoms with E-state index < -0.39 is 0 Å². The maximum absolute atomic E-state index is 6.18. The highest BCUT2D eigenvalue weighted by Gasteiger charge is 2.17. The standard InChI is InChI=1S/C13H14N2/c1-8-5-6-10-12(7-8)15-11-4-2-3-9(11)13(10)14/h5-7H,2-4H2,1H3,(H2,14,15). The maximum Gasteiger partial charge on any atom is 0.0728 e. The van der Waals surface area contributed by atoms with Crippen LogP contribution in [0.25, 0.3) is 10.9 Å². The molecular formula is C13H14N2. The third-order valence-corrected chi connectivity index (χ3v) is 3.21. The molecule has 2 nitrogen and oxygen atoms in total. The van der Waals surface area contributed by atoms with Crippen molar-refractivity contribution in [1.82, 2.24) is 4.98 Å². The molecule has 2 heteroatoms. The van der Waals surface area contributed by atoms with E-state index in [-0.39, 0.29) is 0 Å². The monoisotopic (exact) mass is 198 g/mol. The van der Waals surface area contributed by atoms with Crippen LogP contribution in [0.4, 0.5) is 5.69 Å². The summed E-state index contributed by atoms with van der Waals surface area (Å²) in [6.45, 7) is 2.09. The SMILES string of the molecule is Cc1ccc2c(N)c3c(nc2c1)CCC3. The van der Waals surface area contributed by atoms with E-state index in [1.54, 1.807) is 0 Å². The summed E-state index contributed by atoms with van der Waals surface area (Å²) in [5.41, 5.74) is 11.9. The number of aromatic nitrogens is 1. The number of nitrogens with two attached hydrogens (primary N) is 1. The molecule has 1 aliphatic carbocycles. The molecule has 1 aliphatic rings. The Kier molecular flexibility index (Phi) is 1.72. The fourth-order valence-electron chi connectivity index (χ4n) is 2.41. The number of hydrogen-bond donors (Lipinski definition) is 1. The van der Waals surface area contributed by atoms with Crippen molar-refractivity contribution < 1.29 is 0 Å².